The predicted molar refractivity (Wildman–Crippen MR) is 115 cm³/mol. The minimum absolute atomic E-state index is 0.569. The van der Waals surface area contributed by atoms with Crippen LogP contribution in [0, 0.1) is 0 Å². The lowest BCUT2D eigenvalue weighted by Gasteiger charge is -2.41. The van der Waals surface area contributed by atoms with Crippen molar-refractivity contribution in [2.75, 3.05) is 0 Å². The van der Waals surface area contributed by atoms with E-state index in [0.717, 1.165) is 0 Å². The highest BCUT2D eigenvalue weighted by atomic mass is 28.5. The van der Waals surface area contributed by atoms with Gasteiger partial charge in [-0.3, -0.25) is 9.59 Å². The summed E-state index contributed by atoms with van der Waals surface area (Å²) in [6.45, 7) is 21.9. The van der Waals surface area contributed by atoms with Crippen molar-refractivity contribution in [3.8, 4) is 0 Å². The van der Waals surface area contributed by atoms with E-state index in [-0.39, 0.29) is 0 Å². The molecule has 0 heterocycles. The van der Waals surface area contributed by atoms with Gasteiger partial charge in [0.2, 0.25) is 0 Å². The SMILES string of the molecule is CC(=O)O[Si](C)(OC(C)=O)O[Si](C)(C)O[Si](C)(C)O[Si](C)(C)O[Si](C)(C)C. The van der Waals surface area contributed by atoms with E-state index in [9.17, 15) is 9.59 Å². The highest BCUT2D eigenvalue weighted by Gasteiger charge is 2.51. The van der Waals surface area contributed by atoms with Gasteiger partial charge in [-0.15, -0.1) is 0 Å². The Kier molecular flexibility index (Phi) is 9.08. The smallest absolute Gasteiger partial charge is 0.465 e. The van der Waals surface area contributed by atoms with E-state index in [1.165, 1.54) is 20.4 Å². The molecule has 0 radical (unpaired) electrons. The van der Waals surface area contributed by atoms with Crippen LogP contribution in [0.1, 0.15) is 13.8 Å². The average Bonchev–Trinajstić information content (AvgIpc) is 2.14. The first-order chi connectivity index (χ1) is 11.7. The molecule has 0 aromatic heterocycles. The third-order valence-electron chi connectivity index (χ3n) is 2.62. The second-order valence-electron chi connectivity index (χ2n) is 8.77. The fraction of sp³-hybridized carbons (Fsp3) is 0.857. The molecule has 0 atom stereocenters. The van der Waals surface area contributed by atoms with Crippen molar-refractivity contribution < 1.29 is 34.9 Å². The van der Waals surface area contributed by atoms with Crippen LogP contribution in [0.5, 0.6) is 0 Å². The van der Waals surface area contributed by atoms with Crippen LogP contribution < -0.4 is 0 Å². The van der Waals surface area contributed by atoms with Crippen molar-refractivity contribution in [2.24, 2.45) is 0 Å². The van der Waals surface area contributed by atoms with Crippen molar-refractivity contribution in [1.82, 2.24) is 0 Å². The lowest BCUT2D eigenvalue weighted by molar-refractivity contribution is -0.141. The summed E-state index contributed by atoms with van der Waals surface area (Å²) in [5.41, 5.74) is 0. The minimum atomic E-state index is -3.52. The third-order valence-corrected chi connectivity index (χ3v) is 19.7. The molecule has 0 N–H and O–H groups in total. The van der Waals surface area contributed by atoms with Gasteiger partial charge in [-0.25, -0.2) is 0 Å². The summed E-state index contributed by atoms with van der Waals surface area (Å²) in [5.74, 6) is -1.14. The van der Waals surface area contributed by atoms with Crippen LogP contribution in [0.15, 0.2) is 0 Å². The molecule has 0 amide bonds. The summed E-state index contributed by atoms with van der Waals surface area (Å²) in [6.07, 6.45) is 0. The molecule has 0 aliphatic carbocycles. The van der Waals surface area contributed by atoms with Gasteiger partial charge >= 0.3 is 34.5 Å². The minimum Gasteiger partial charge on any atom is -0.465 e. The molecule has 0 aliphatic heterocycles. The summed E-state index contributed by atoms with van der Waals surface area (Å²) >= 11 is 0. The molecule has 27 heavy (non-hydrogen) atoms. The van der Waals surface area contributed by atoms with Crippen LogP contribution in [-0.4, -0.2) is 54.7 Å². The standard InChI is InChI=1S/C14H36O8Si5/c1-13(15)17-27(12,18-14(2)16)22-26(10,11)21-25(8,9)20-24(6,7)19-23(3,4)5/h1-12H3. The lowest BCUT2D eigenvalue weighted by Crippen LogP contribution is -2.60. The van der Waals surface area contributed by atoms with E-state index < -0.39 is 54.7 Å². The molecule has 0 aliphatic rings. The molecule has 8 nitrogen and oxygen atoms in total. The van der Waals surface area contributed by atoms with Gasteiger partial charge in [0, 0.05) is 20.4 Å². The molecule has 0 rings (SSSR count). The highest BCUT2D eigenvalue weighted by Crippen LogP contribution is 2.26. The van der Waals surface area contributed by atoms with E-state index in [2.05, 4.69) is 19.6 Å². The third kappa shape index (κ3) is 12.8. The molecule has 0 saturated heterocycles. The zero-order chi connectivity index (χ0) is 21.9. The normalized spacial score (nSPS) is 14.1. The van der Waals surface area contributed by atoms with Gasteiger partial charge < -0.3 is 25.3 Å². The van der Waals surface area contributed by atoms with Crippen LogP contribution in [-0.2, 0) is 34.9 Å². The maximum absolute atomic E-state index is 11.4. The molecule has 0 aromatic rings. The Hall–Kier alpha value is -0.136. The Labute approximate surface area is 169 Å². The summed E-state index contributed by atoms with van der Waals surface area (Å²) in [7, 11) is -13.1. The largest absolute Gasteiger partial charge is 0.623 e. The second kappa shape index (κ2) is 9.12. The summed E-state index contributed by atoms with van der Waals surface area (Å²) in [6, 6.07) is 0. The van der Waals surface area contributed by atoms with Gasteiger partial charge in [-0.1, -0.05) is 0 Å². The van der Waals surface area contributed by atoms with Crippen molar-refractivity contribution in [3.05, 3.63) is 0 Å². The van der Waals surface area contributed by atoms with Crippen molar-refractivity contribution >= 4 is 54.7 Å². The number of hydrogen-bond donors (Lipinski definition) is 0. The first kappa shape index (κ1) is 26.9. The molecule has 0 fully saturated rings. The van der Waals surface area contributed by atoms with Gasteiger partial charge in [0.15, 0.2) is 8.32 Å². The number of carbonyl (C=O) groups is 2. The van der Waals surface area contributed by atoms with E-state index in [1.54, 1.807) is 0 Å². The maximum atomic E-state index is 11.4. The fourth-order valence-corrected chi connectivity index (χ4v) is 25.0. The molecular weight excluding hydrogens is 437 g/mol. The van der Waals surface area contributed by atoms with Gasteiger partial charge in [0.25, 0.3) is 11.9 Å². The molecule has 160 valence electrons. The Bertz CT molecular complexity index is 528. The maximum Gasteiger partial charge on any atom is 0.623 e. The van der Waals surface area contributed by atoms with Gasteiger partial charge in [-0.2, -0.15) is 0 Å². The van der Waals surface area contributed by atoms with Gasteiger partial charge in [0.05, 0.1) is 0 Å². The molecule has 0 saturated carbocycles. The molecule has 0 aromatic carbocycles. The lowest BCUT2D eigenvalue weighted by atomic mass is 10.9. The van der Waals surface area contributed by atoms with E-state index >= 15 is 0 Å². The second-order valence-corrected chi connectivity index (χ2v) is 26.8. The van der Waals surface area contributed by atoms with Gasteiger partial charge in [-0.05, 0) is 58.9 Å². The number of hydrogen-bond acceptors (Lipinski definition) is 8. The molecular formula is C14H36O8Si5. The monoisotopic (exact) mass is 472 g/mol. The molecule has 0 unspecified atom stereocenters. The van der Waals surface area contributed by atoms with E-state index in [1.807, 2.05) is 39.3 Å². The van der Waals surface area contributed by atoms with Crippen LogP contribution >= 0.6 is 0 Å². The van der Waals surface area contributed by atoms with Crippen LogP contribution in [0.3, 0.4) is 0 Å². The summed E-state index contributed by atoms with van der Waals surface area (Å²) < 4.78 is 35.3. The highest BCUT2D eigenvalue weighted by molar-refractivity contribution is 6.89. The van der Waals surface area contributed by atoms with Crippen LogP contribution in [0.4, 0.5) is 0 Å². The molecule has 0 spiro atoms. The predicted octanol–water partition coefficient (Wildman–Crippen LogP) is 3.69. The molecule has 0 bridgehead atoms. The number of rotatable bonds is 10. The Morgan fingerprint density at radius 2 is 0.815 bits per heavy atom. The molecule has 13 heteroatoms. The summed E-state index contributed by atoms with van der Waals surface area (Å²) in [5, 5.41) is 0. The Morgan fingerprint density at radius 3 is 1.11 bits per heavy atom. The van der Waals surface area contributed by atoms with Crippen molar-refractivity contribution in [3.63, 3.8) is 0 Å². The zero-order valence-electron chi connectivity index (χ0n) is 18.8. The van der Waals surface area contributed by atoms with Gasteiger partial charge in [0.1, 0.15) is 0 Å². The first-order valence-corrected chi connectivity index (χ1v) is 22.9. The zero-order valence-corrected chi connectivity index (χ0v) is 23.8. The first-order valence-electron chi connectivity index (χ1n) is 8.86. The van der Waals surface area contributed by atoms with E-state index in [4.69, 9.17) is 25.3 Å². The van der Waals surface area contributed by atoms with Crippen molar-refractivity contribution in [1.29, 1.82) is 0 Å². The quantitative estimate of drug-likeness (QED) is 0.445. The Balaban J connectivity index is 5.28. The number of carbonyl (C=O) groups excluding carboxylic acids is 2. The van der Waals surface area contributed by atoms with E-state index in [0.29, 0.717) is 0 Å². The topological polar surface area (TPSA) is 89.5 Å². The average molecular weight is 473 g/mol. The van der Waals surface area contributed by atoms with Crippen molar-refractivity contribution in [2.45, 2.75) is 79.3 Å². The Morgan fingerprint density at radius 1 is 0.519 bits per heavy atom. The fourth-order valence-electron chi connectivity index (χ4n) is 3.01. The summed E-state index contributed by atoms with van der Waals surface area (Å²) in [4.78, 5) is 22.9. The van der Waals surface area contributed by atoms with Crippen LogP contribution in [0.25, 0.3) is 0 Å². The van der Waals surface area contributed by atoms with Crippen LogP contribution in [0.2, 0.25) is 65.5 Å².